The highest BCUT2D eigenvalue weighted by Gasteiger charge is 2.16. The van der Waals surface area contributed by atoms with Gasteiger partial charge in [-0.3, -0.25) is 0 Å². The Hall–Kier alpha value is -2.08. The number of nitrogens with zero attached hydrogens (tertiary/aromatic N) is 3. The standard InChI is InChI=1S/C12H13ClN4O2/c1-6-11(13)7(2)17(16-6)10-4-8(12(18)19-3)9(14)5-15-10/h4-5H,14H2,1-3H3. The molecule has 0 aliphatic carbocycles. The summed E-state index contributed by atoms with van der Waals surface area (Å²) in [5, 5.41) is 4.83. The lowest BCUT2D eigenvalue weighted by atomic mass is 10.2. The van der Waals surface area contributed by atoms with Gasteiger partial charge < -0.3 is 10.5 Å². The maximum atomic E-state index is 11.6. The molecule has 2 aromatic rings. The minimum absolute atomic E-state index is 0.246. The second-order valence-corrected chi connectivity index (χ2v) is 4.40. The van der Waals surface area contributed by atoms with Crippen molar-refractivity contribution in [3.05, 3.63) is 34.2 Å². The minimum atomic E-state index is -0.520. The van der Waals surface area contributed by atoms with Crippen LogP contribution in [0.25, 0.3) is 5.82 Å². The predicted octanol–water partition coefficient (Wildman–Crippen LogP) is 1.91. The Balaban J connectivity index is 2.57. The van der Waals surface area contributed by atoms with Gasteiger partial charge in [0.2, 0.25) is 0 Å². The summed E-state index contributed by atoms with van der Waals surface area (Å²) in [7, 11) is 1.29. The molecule has 100 valence electrons. The van der Waals surface area contributed by atoms with E-state index in [1.165, 1.54) is 19.4 Å². The van der Waals surface area contributed by atoms with Crippen LogP contribution in [0.5, 0.6) is 0 Å². The molecule has 0 amide bonds. The van der Waals surface area contributed by atoms with Crippen molar-refractivity contribution in [2.45, 2.75) is 13.8 Å². The molecule has 2 heterocycles. The number of carbonyl (C=O) groups is 1. The van der Waals surface area contributed by atoms with Crippen molar-refractivity contribution in [2.75, 3.05) is 12.8 Å². The number of nitrogen functional groups attached to an aromatic ring is 1. The third-order valence-electron chi connectivity index (χ3n) is 2.75. The molecule has 0 atom stereocenters. The number of aromatic nitrogens is 3. The first-order valence-electron chi connectivity index (χ1n) is 5.51. The number of halogens is 1. The van der Waals surface area contributed by atoms with Crippen LogP contribution in [0.3, 0.4) is 0 Å². The molecular weight excluding hydrogens is 268 g/mol. The Morgan fingerprint density at radius 2 is 2.16 bits per heavy atom. The lowest BCUT2D eigenvalue weighted by Crippen LogP contribution is -2.10. The monoisotopic (exact) mass is 280 g/mol. The molecule has 0 aliphatic rings. The van der Waals surface area contributed by atoms with E-state index < -0.39 is 5.97 Å². The molecule has 7 heteroatoms. The maximum Gasteiger partial charge on any atom is 0.340 e. The topological polar surface area (TPSA) is 83.0 Å². The van der Waals surface area contributed by atoms with E-state index in [1.54, 1.807) is 11.6 Å². The first kappa shape index (κ1) is 13.4. The average molecular weight is 281 g/mol. The number of ether oxygens (including phenoxy) is 1. The number of aryl methyl sites for hydroxylation is 1. The Labute approximate surface area is 115 Å². The highest BCUT2D eigenvalue weighted by molar-refractivity contribution is 6.31. The van der Waals surface area contributed by atoms with Gasteiger partial charge in [0.15, 0.2) is 5.82 Å². The van der Waals surface area contributed by atoms with Crippen molar-refractivity contribution in [2.24, 2.45) is 0 Å². The number of methoxy groups -OCH3 is 1. The number of hydrogen-bond donors (Lipinski definition) is 1. The summed E-state index contributed by atoms with van der Waals surface area (Å²) < 4.78 is 6.22. The number of pyridine rings is 1. The molecule has 0 radical (unpaired) electrons. The number of carbonyl (C=O) groups excluding carboxylic acids is 1. The van der Waals surface area contributed by atoms with Crippen molar-refractivity contribution < 1.29 is 9.53 Å². The summed E-state index contributed by atoms with van der Waals surface area (Å²) >= 11 is 6.08. The number of anilines is 1. The van der Waals surface area contributed by atoms with Crippen LogP contribution in [-0.2, 0) is 4.74 Å². The van der Waals surface area contributed by atoms with Gasteiger partial charge in [0, 0.05) is 0 Å². The van der Waals surface area contributed by atoms with Gasteiger partial charge in [0.25, 0.3) is 0 Å². The summed E-state index contributed by atoms with van der Waals surface area (Å²) in [6.45, 7) is 3.61. The van der Waals surface area contributed by atoms with Gasteiger partial charge in [0.05, 0.1) is 41.0 Å². The smallest absolute Gasteiger partial charge is 0.340 e. The fourth-order valence-electron chi connectivity index (χ4n) is 1.70. The fourth-order valence-corrected chi connectivity index (χ4v) is 1.82. The molecule has 0 bridgehead atoms. The zero-order valence-corrected chi connectivity index (χ0v) is 11.5. The Kier molecular flexibility index (Phi) is 3.44. The third kappa shape index (κ3) is 2.26. The van der Waals surface area contributed by atoms with Gasteiger partial charge in [0.1, 0.15) is 0 Å². The van der Waals surface area contributed by atoms with Crippen LogP contribution >= 0.6 is 11.6 Å². The molecule has 2 aromatic heterocycles. The Bertz CT molecular complexity index is 651. The van der Waals surface area contributed by atoms with Gasteiger partial charge in [-0.1, -0.05) is 11.6 Å². The van der Waals surface area contributed by atoms with Crippen LogP contribution < -0.4 is 5.73 Å². The van der Waals surface area contributed by atoms with Crippen molar-refractivity contribution in [1.29, 1.82) is 0 Å². The van der Waals surface area contributed by atoms with Crippen LogP contribution in [-0.4, -0.2) is 27.8 Å². The van der Waals surface area contributed by atoms with Crippen LogP contribution in [0.1, 0.15) is 21.7 Å². The van der Waals surface area contributed by atoms with E-state index in [-0.39, 0.29) is 11.3 Å². The molecule has 2 rings (SSSR count). The molecule has 19 heavy (non-hydrogen) atoms. The largest absolute Gasteiger partial charge is 0.465 e. The van der Waals surface area contributed by atoms with Crippen molar-refractivity contribution in [3.8, 4) is 5.82 Å². The van der Waals surface area contributed by atoms with Crippen LogP contribution in [0.15, 0.2) is 12.3 Å². The summed E-state index contributed by atoms with van der Waals surface area (Å²) in [6.07, 6.45) is 1.39. The molecular formula is C12H13ClN4O2. The van der Waals surface area contributed by atoms with Gasteiger partial charge in [-0.25, -0.2) is 14.5 Å². The molecule has 0 saturated heterocycles. The molecule has 0 saturated carbocycles. The van der Waals surface area contributed by atoms with E-state index in [0.29, 0.717) is 16.5 Å². The van der Waals surface area contributed by atoms with Gasteiger partial charge in [-0.05, 0) is 19.9 Å². The summed E-state index contributed by atoms with van der Waals surface area (Å²) in [5.41, 5.74) is 7.63. The molecule has 0 fully saturated rings. The second-order valence-electron chi connectivity index (χ2n) is 4.02. The summed E-state index contributed by atoms with van der Waals surface area (Å²) in [6, 6.07) is 1.52. The lowest BCUT2D eigenvalue weighted by Gasteiger charge is -2.07. The van der Waals surface area contributed by atoms with Crippen molar-refractivity contribution in [3.63, 3.8) is 0 Å². The van der Waals surface area contributed by atoms with E-state index in [1.807, 2.05) is 6.92 Å². The molecule has 0 aromatic carbocycles. The van der Waals surface area contributed by atoms with E-state index in [0.717, 1.165) is 5.69 Å². The van der Waals surface area contributed by atoms with Crippen molar-refractivity contribution in [1.82, 2.24) is 14.8 Å². The summed E-state index contributed by atoms with van der Waals surface area (Å²) in [4.78, 5) is 15.7. The average Bonchev–Trinajstić information content (AvgIpc) is 2.66. The second kappa shape index (κ2) is 4.89. The van der Waals surface area contributed by atoms with E-state index in [2.05, 4.69) is 14.8 Å². The molecule has 0 unspecified atom stereocenters. The number of hydrogen-bond acceptors (Lipinski definition) is 5. The van der Waals surface area contributed by atoms with Gasteiger partial charge >= 0.3 is 5.97 Å². The summed E-state index contributed by atoms with van der Waals surface area (Å²) in [5.74, 6) is -0.0594. The van der Waals surface area contributed by atoms with Crippen LogP contribution in [0.4, 0.5) is 5.69 Å². The third-order valence-corrected chi connectivity index (χ3v) is 3.29. The van der Waals surface area contributed by atoms with E-state index in [4.69, 9.17) is 17.3 Å². The zero-order chi connectivity index (χ0) is 14.2. The van der Waals surface area contributed by atoms with Gasteiger partial charge in [-0.15, -0.1) is 0 Å². The van der Waals surface area contributed by atoms with Gasteiger partial charge in [-0.2, -0.15) is 5.10 Å². The molecule has 2 N–H and O–H groups in total. The van der Waals surface area contributed by atoms with E-state index in [9.17, 15) is 4.79 Å². The van der Waals surface area contributed by atoms with Crippen LogP contribution in [0.2, 0.25) is 5.02 Å². The van der Waals surface area contributed by atoms with Crippen molar-refractivity contribution >= 4 is 23.3 Å². The predicted molar refractivity (Wildman–Crippen MR) is 71.6 cm³/mol. The number of rotatable bonds is 2. The first-order valence-corrected chi connectivity index (χ1v) is 5.89. The zero-order valence-electron chi connectivity index (χ0n) is 10.8. The number of esters is 1. The Morgan fingerprint density at radius 3 is 2.68 bits per heavy atom. The van der Waals surface area contributed by atoms with Crippen LogP contribution in [0, 0.1) is 13.8 Å². The maximum absolute atomic E-state index is 11.6. The quantitative estimate of drug-likeness (QED) is 0.850. The molecule has 6 nitrogen and oxygen atoms in total. The first-order chi connectivity index (χ1) is 8.95. The molecule has 0 spiro atoms. The highest BCUT2D eigenvalue weighted by atomic mass is 35.5. The molecule has 0 aliphatic heterocycles. The SMILES string of the molecule is COC(=O)c1cc(-n2nc(C)c(Cl)c2C)ncc1N. The number of nitrogens with two attached hydrogens (primary N) is 1. The fraction of sp³-hybridized carbons (Fsp3) is 0.250. The minimum Gasteiger partial charge on any atom is -0.465 e. The lowest BCUT2D eigenvalue weighted by molar-refractivity contribution is 0.0602. The Morgan fingerprint density at radius 1 is 1.47 bits per heavy atom. The highest BCUT2D eigenvalue weighted by Crippen LogP contribution is 2.23. The van der Waals surface area contributed by atoms with E-state index >= 15 is 0 Å². The normalized spacial score (nSPS) is 10.5.